The molecule has 108 valence electrons. The number of nitrogens with one attached hydrogen (secondary N) is 2. The van der Waals surface area contributed by atoms with Gasteiger partial charge in [-0.3, -0.25) is 15.0 Å². The van der Waals surface area contributed by atoms with E-state index in [4.69, 9.17) is 0 Å². The molecule has 0 radical (unpaired) electrons. The van der Waals surface area contributed by atoms with Gasteiger partial charge >= 0.3 is 0 Å². The Balaban J connectivity index is 1.59. The molecule has 3 rings (SSSR count). The minimum absolute atomic E-state index is 0.0535. The van der Waals surface area contributed by atoms with Gasteiger partial charge < -0.3 is 5.32 Å². The van der Waals surface area contributed by atoms with E-state index in [-0.39, 0.29) is 11.9 Å². The summed E-state index contributed by atoms with van der Waals surface area (Å²) in [6, 6.07) is 8.17. The lowest BCUT2D eigenvalue weighted by Gasteiger charge is -2.16. The van der Waals surface area contributed by atoms with Gasteiger partial charge in [0.1, 0.15) is 0 Å². The minimum Gasteiger partial charge on any atom is -0.325 e. The quantitative estimate of drug-likeness (QED) is 0.889. The summed E-state index contributed by atoms with van der Waals surface area (Å²) in [5, 5.41) is 6.21. The van der Waals surface area contributed by atoms with Gasteiger partial charge in [-0.1, -0.05) is 12.1 Å². The van der Waals surface area contributed by atoms with Crippen molar-refractivity contribution in [1.29, 1.82) is 0 Å². The van der Waals surface area contributed by atoms with E-state index in [2.05, 4.69) is 27.7 Å². The van der Waals surface area contributed by atoms with E-state index in [0.717, 1.165) is 23.9 Å². The predicted octanol–water partition coefficient (Wildman–Crippen LogP) is 1.88. The molecule has 0 aromatic heterocycles. The van der Waals surface area contributed by atoms with Crippen LogP contribution in [0.25, 0.3) is 0 Å². The highest BCUT2D eigenvalue weighted by Gasteiger charge is 2.22. The molecule has 20 heavy (non-hydrogen) atoms. The number of amides is 1. The van der Waals surface area contributed by atoms with Crippen LogP contribution in [0.5, 0.6) is 0 Å². The zero-order valence-corrected chi connectivity index (χ0v) is 12.4. The largest absolute Gasteiger partial charge is 0.325 e. The highest BCUT2D eigenvalue weighted by atomic mass is 32.2. The zero-order valence-electron chi connectivity index (χ0n) is 11.6. The molecule has 1 unspecified atom stereocenters. The first kappa shape index (κ1) is 13.9. The number of carbonyl (C=O) groups is 1. The SMILES string of the molecule is O=C(Nc1cccc(CN2CCCC2)c1)C1CSCN1. The summed E-state index contributed by atoms with van der Waals surface area (Å²) in [5.41, 5.74) is 2.18. The number of anilines is 1. The summed E-state index contributed by atoms with van der Waals surface area (Å²) in [6.07, 6.45) is 2.61. The molecule has 2 saturated heterocycles. The van der Waals surface area contributed by atoms with Crippen LogP contribution >= 0.6 is 11.8 Å². The van der Waals surface area contributed by atoms with Crippen LogP contribution in [-0.2, 0) is 11.3 Å². The molecule has 1 aromatic rings. The third-order valence-electron chi connectivity index (χ3n) is 3.83. The van der Waals surface area contributed by atoms with E-state index in [1.165, 1.54) is 31.5 Å². The van der Waals surface area contributed by atoms with Crippen molar-refractivity contribution in [3.63, 3.8) is 0 Å². The number of likely N-dealkylation sites (tertiary alicyclic amines) is 1. The average molecular weight is 291 g/mol. The van der Waals surface area contributed by atoms with E-state index < -0.39 is 0 Å². The molecule has 0 spiro atoms. The normalized spacial score (nSPS) is 23.1. The Morgan fingerprint density at radius 1 is 1.40 bits per heavy atom. The van der Waals surface area contributed by atoms with Gasteiger partial charge in [0.25, 0.3) is 0 Å². The monoisotopic (exact) mass is 291 g/mol. The Bertz CT molecular complexity index is 468. The summed E-state index contributed by atoms with van der Waals surface area (Å²) < 4.78 is 0. The van der Waals surface area contributed by atoms with Crippen molar-refractivity contribution in [3.8, 4) is 0 Å². The maximum atomic E-state index is 12.1. The maximum absolute atomic E-state index is 12.1. The fourth-order valence-corrected chi connectivity index (χ4v) is 3.68. The fourth-order valence-electron chi connectivity index (χ4n) is 2.74. The Morgan fingerprint density at radius 3 is 3.00 bits per heavy atom. The Kier molecular flexibility index (Phi) is 4.60. The molecule has 2 heterocycles. The Hall–Kier alpha value is -1.04. The van der Waals surface area contributed by atoms with Crippen molar-refractivity contribution < 1.29 is 4.79 Å². The smallest absolute Gasteiger partial charge is 0.242 e. The van der Waals surface area contributed by atoms with Crippen LogP contribution in [0.1, 0.15) is 18.4 Å². The molecule has 2 N–H and O–H groups in total. The van der Waals surface area contributed by atoms with Gasteiger partial charge in [-0.2, -0.15) is 0 Å². The molecule has 2 aliphatic heterocycles. The second kappa shape index (κ2) is 6.61. The highest BCUT2D eigenvalue weighted by molar-refractivity contribution is 7.99. The first-order valence-corrected chi connectivity index (χ1v) is 8.40. The van der Waals surface area contributed by atoms with Crippen molar-refractivity contribution in [3.05, 3.63) is 29.8 Å². The summed E-state index contributed by atoms with van der Waals surface area (Å²) in [4.78, 5) is 14.5. The number of rotatable bonds is 4. The van der Waals surface area contributed by atoms with Gasteiger partial charge in [0.15, 0.2) is 0 Å². The zero-order chi connectivity index (χ0) is 13.8. The number of thioether (sulfide) groups is 1. The second-order valence-electron chi connectivity index (χ2n) is 5.44. The molecule has 4 nitrogen and oxygen atoms in total. The van der Waals surface area contributed by atoms with Gasteiger partial charge in [0.2, 0.25) is 5.91 Å². The number of hydrogen-bond acceptors (Lipinski definition) is 4. The van der Waals surface area contributed by atoms with Crippen molar-refractivity contribution in [1.82, 2.24) is 10.2 Å². The lowest BCUT2D eigenvalue weighted by atomic mass is 10.2. The first-order valence-electron chi connectivity index (χ1n) is 7.24. The van der Waals surface area contributed by atoms with Crippen molar-refractivity contribution in [2.24, 2.45) is 0 Å². The molecular formula is C15H21N3OS. The highest BCUT2D eigenvalue weighted by Crippen LogP contribution is 2.17. The summed E-state index contributed by atoms with van der Waals surface area (Å²) in [7, 11) is 0. The minimum atomic E-state index is -0.0535. The first-order chi connectivity index (χ1) is 9.81. The Labute approximate surface area is 124 Å². The maximum Gasteiger partial charge on any atom is 0.242 e. The lowest BCUT2D eigenvalue weighted by Crippen LogP contribution is -2.37. The number of hydrogen-bond donors (Lipinski definition) is 2. The van der Waals surface area contributed by atoms with Gasteiger partial charge in [-0.05, 0) is 43.6 Å². The topological polar surface area (TPSA) is 44.4 Å². The molecule has 5 heteroatoms. The fraction of sp³-hybridized carbons (Fsp3) is 0.533. The number of carbonyl (C=O) groups excluding carboxylic acids is 1. The molecule has 1 aromatic carbocycles. The molecule has 1 amide bonds. The van der Waals surface area contributed by atoms with E-state index in [0.29, 0.717) is 0 Å². The molecule has 0 aliphatic carbocycles. The standard InChI is InChI=1S/C15H21N3OS/c19-15(14-10-20-11-16-14)17-13-5-3-4-12(8-13)9-18-6-1-2-7-18/h3-5,8,14,16H,1-2,6-7,9-11H2,(H,17,19). The predicted molar refractivity (Wildman–Crippen MR) is 83.8 cm³/mol. The van der Waals surface area contributed by atoms with E-state index >= 15 is 0 Å². The Morgan fingerprint density at radius 2 is 2.25 bits per heavy atom. The molecular weight excluding hydrogens is 270 g/mol. The van der Waals surface area contributed by atoms with Crippen LogP contribution in [0.2, 0.25) is 0 Å². The molecule has 0 saturated carbocycles. The van der Waals surface area contributed by atoms with Crippen LogP contribution in [0.15, 0.2) is 24.3 Å². The molecule has 0 bridgehead atoms. The average Bonchev–Trinajstić information content (AvgIpc) is 3.12. The van der Waals surface area contributed by atoms with Crippen LogP contribution in [0.4, 0.5) is 5.69 Å². The number of nitrogens with zero attached hydrogens (tertiary/aromatic N) is 1. The third-order valence-corrected chi connectivity index (χ3v) is 4.77. The van der Waals surface area contributed by atoms with Crippen molar-refractivity contribution >= 4 is 23.4 Å². The van der Waals surface area contributed by atoms with Crippen molar-refractivity contribution in [2.75, 3.05) is 30.0 Å². The van der Waals surface area contributed by atoms with Gasteiger partial charge in [-0.15, -0.1) is 11.8 Å². The van der Waals surface area contributed by atoms with Gasteiger partial charge in [0, 0.05) is 23.9 Å². The van der Waals surface area contributed by atoms with Crippen LogP contribution in [0, 0.1) is 0 Å². The van der Waals surface area contributed by atoms with E-state index in [9.17, 15) is 4.79 Å². The lowest BCUT2D eigenvalue weighted by molar-refractivity contribution is -0.117. The molecule has 1 atom stereocenters. The van der Waals surface area contributed by atoms with Crippen LogP contribution < -0.4 is 10.6 Å². The summed E-state index contributed by atoms with van der Waals surface area (Å²) in [6.45, 7) is 3.38. The van der Waals surface area contributed by atoms with Gasteiger partial charge in [-0.25, -0.2) is 0 Å². The summed E-state index contributed by atoms with van der Waals surface area (Å²) in [5.74, 6) is 1.81. The van der Waals surface area contributed by atoms with Crippen molar-refractivity contribution in [2.45, 2.75) is 25.4 Å². The van der Waals surface area contributed by atoms with E-state index in [1.807, 2.05) is 12.1 Å². The second-order valence-corrected chi connectivity index (χ2v) is 6.47. The van der Waals surface area contributed by atoms with Crippen LogP contribution in [0.3, 0.4) is 0 Å². The van der Waals surface area contributed by atoms with Gasteiger partial charge in [0.05, 0.1) is 6.04 Å². The number of benzene rings is 1. The molecule has 2 fully saturated rings. The molecule has 2 aliphatic rings. The van der Waals surface area contributed by atoms with E-state index in [1.54, 1.807) is 11.8 Å². The third kappa shape index (κ3) is 3.53. The summed E-state index contributed by atoms with van der Waals surface area (Å²) >= 11 is 1.77. The van der Waals surface area contributed by atoms with Crippen LogP contribution in [-0.4, -0.2) is 41.6 Å².